The van der Waals surface area contributed by atoms with Gasteiger partial charge < -0.3 is 4.74 Å². The van der Waals surface area contributed by atoms with E-state index in [4.69, 9.17) is 16.3 Å². The predicted molar refractivity (Wildman–Crippen MR) is 121 cm³/mol. The van der Waals surface area contributed by atoms with E-state index in [9.17, 15) is 4.39 Å². The molecule has 0 aliphatic rings. The van der Waals surface area contributed by atoms with Crippen LogP contribution in [0.25, 0.3) is 0 Å². The molecule has 0 radical (unpaired) electrons. The molecule has 0 spiro atoms. The van der Waals surface area contributed by atoms with Gasteiger partial charge in [0.1, 0.15) is 18.2 Å². The summed E-state index contributed by atoms with van der Waals surface area (Å²) in [6, 6.07) is 12.7. The number of rotatable bonds is 8. The number of hydrogen-bond acceptors (Lipinski definition) is 4. The van der Waals surface area contributed by atoms with Gasteiger partial charge >= 0.3 is 0 Å². The summed E-state index contributed by atoms with van der Waals surface area (Å²) in [4.78, 5) is 0. The first-order chi connectivity index (χ1) is 14.3. The molecule has 30 heavy (non-hydrogen) atoms. The van der Waals surface area contributed by atoms with Crippen LogP contribution in [0.5, 0.6) is 5.75 Å². The largest absolute Gasteiger partial charge is 0.486 e. The van der Waals surface area contributed by atoms with Crippen molar-refractivity contribution in [1.82, 2.24) is 14.8 Å². The number of ether oxygens (including phenoxy) is 1. The van der Waals surface area contributed by atoms with Gasteiger partial charge in [-0.3, -0.25) is 4.57 Å². The molecule has 0 amide bonds. The molecule has 7 heteroatoms. The maximum Gasteiger partial charge on any atom is 0.191 e. The minimum absolute atomic E-state index is 0.0932. The Morgan fingerprint density at radius 3 is 2.53 bits per heavy atom. The second-order valence-electron chi connectivity index (χ2n) is 7.85. The fourth-order valence-electron chi connectivity index (χ4n) is 2.85. The summed E-state index contributed by atoms with van der Waals surface area (Å²) in [7, 11) is 0. The van der Waals surface area contributed by atoms with Gasteiger partial charge in [0.25, 0.3) is 0 Å². The zero-order valence-electron chi connectivity index (χ0n) is 17.4. The minimum atomic E-state index is -0.327. The molecule has 0 saturated carbocycles. The van der Waals surface area contributed by atoms with E-state index in [1.54, 1.807) is 18.2 Å². The summed E-state index contributed by atoms with van der Waals surface area (Å²) in [5.74, 6) is 1.48. The van der Waals surface area contributed by atoms with Gasteiger partial charge in [-0.2, -0.15) is 0 Å². The molecular formula is C23H25ClFN3OS. The van der Waals surface area contributed by atoms with E-state index in [0.29, 0.717) is 33.9 Å². The molecule has 3 aromatic rings. The van der Waals surface area contributed by atoms with Crippen LogP contribution in [0.4, 0.5) is 4.39 Å². The number of benzene rings is 2. The van der Waals surface area contributed by atoms with Gasteiger partial charge in [0.05, 0.1) is 0 Å². The highest BCUT2D eigenvalue weighted by Gasteiger charge is 2.16. The predicted octanol–water partition coefficient (Wildman–Crippen LogP) is 6.43. The molecule has 0 aliphatic carbocycles. The van der Waals surface area contributed by atoms with Crippen molar-refractivity contribution < 1.29 is 9.13 Å². The van der Waals surface area contributed by atoms with Crippen LogP contribution in [0.2, 0.25) is 5.02 Å². The summed E-state index contributed by atoms with van der Waals surface area (Å²) < 4.78 is 21.9. The van der Waals surface area contributed by atoms with Crippen LogP contribution in [0.1, 0.15) is 37.7 Å². The molecule has 0 aliphatic heterocycles. The van der Waals surface area contributed by atoms with Crippen molar-refractivity contribution in [2.45, 2.75) is 50.2 Å². The lowest BCUT2D eigenvalue weighted by Crippen LogP contribution is -2.11. The van der Waals surface area contributed by atoms with Gasteiger partial charge in [-0.25, -0.2) is 4.39 Å². The maximum absolute atomic E-state index is 14.0. The zero-order chi connectivity index (χ0) is 21.7. The van der Waals surface area contributed by atoms with E-state index in [1.165, 1.54) is 23.4 Å². The van der Waals surface area contributed by atoms with Crippen molar-refractivity contribution in [3.63, 3.8) is 0 Å². The van der Waals surface area contributed by atoms with Crippen molar-refractivity contribution in [1.29, 1.82) is 0 Å². The summed E-state index contributed by atoms with van der Waals surface area (Å²) in [5.41, 5.74) is 1.79. The molecule has 0 atom stereocenters. The first kappa shape index (κ1) is 22.4. The molecule has 0 saturated heterocycles. The molecule has 0 fully saturated rings. The molecule has 2 aromatic carbocycles. The van der Waals surface area contributed by atoms with Crippen molar-refractivity contribution in [2.24, 2.45) is 0 Å². The molecule has 0 N–H and O–H groups in total. The SMILES string of the molecule is C=CCn1c(COc2ccc(C(C)(C)C)cc2)nnc1SCc1c(F)cccc1Cl. The molecule has 4 nitrogen and oxygen atoms in total. The Morgan fingerprint density at radius 2 is 1.90 bits per heavy atom. The van der Waals surface area contributed by atoms with Gasteiger partial charge in [-0.05, 0) is 35.2 Å². The van der Waals surface area contributed by atoms with Crippen LogP contribution in [-0.4, -0.2) is 14.8 Å². The van der Waals surface area contributed by atoms with Crippen LogP contribution in [0.3, 0.4) is 0 Å². The average Bonchev–Trinajstić information content (AvgIpc) is 3.08. The lowest BCUT2D eigenvalue weighted by Gasteiger charge is -2.19. The number of allylic oxidation sites excluding steroid dienone is 1. The summed E-state index contributed by atoms with van der Waals surface area (Å²) in [5, 5.41) is 9.57. The van der Waals surface area contributed by atoms with E-state index < -0.39 is 0 Å². The number of thioether (sulfide) groups is 1. The van der Waals surface area contributed by atoms with Crippen molar-refractivity contribution in [2.75, 3.05) is 0 Å². The van der Waals surface area contributed by atoms with E-state index in [1.807, 2.05) is 16.7 Å². The molecule has 0 unspecified atom stereocenters. The van der Waals surface area contributed by atoms with Crippen molar-refractivity contribution in [3.8, 4) is 5.75 Å². The number of nitrogens with zero attached hydrogens (tertiary/aromatic N) is 3. The smallest absolute Gasteiger partial charge is 0.191 e. The van der Waals surface area contributed by atoms with Gasteiger partial charge in [0.15, 0.2) is 11.0 Å². The summed E-state index contributed by atoms with van der Waals surface area (Å²) in [6.07, 6.45) is 1.77. The van der Waals surface area contributed by atoms with Crippen LogP contribution < -0.4 is 4.74 Å². The van der Waals surface area contributed by atoms with Gasteiger partial charge in [-0.15, -0.1) is 16.8 Å². The highest BCUT2D eigenvalue weighted by Crippen LogP contribution is 2.29. The van der Waals surface area contributed by atoms with Crippen LogP contribution >= 0.6 is 23.4 Å². The van der Waals surface area contributed by atoms with E-state index in [0.717, 1.165) is 5.75 Å². The second-order valence-corrected chi connectivity index (χ2v) is 9.20. The number of aromatic nitrogens is 3. The fraction of sp³-hybridized carbons (Fsp3) is 0.304. The zero-order valence-corrected chi connectivity index (χ0v) is 18.9. The molecule has 0 bridgehead atoms. The van der Waals surface area contributed by atoms with E-state index in [2.05, 4.69) is 49.7 Å². The molecular weight excluding hydrogens is 421 g/mol. The Kier molecular flexibility index (Phi) is 7.21. The number of hydrogen-bond donors (Lipinski definition) is 0. The molecule has 1 aromatic heterocycles. The minimum Gasteiger partial charge on any atom is -0.486 e. The quantitative estimate of drug-likeness (QED) is 0.296. The highest BCUT2D eigenvalue weighted by atomic mass is 35.5. The fourth-order valence-corrected chi connectivity index (χ4v) is 4.16. The van der Waals surface area contributed by atoms with E-state index in [-0.39, 0.29) is 17.8 Å². The van der Waals surface area contributed by atoms with Gasteiger partial charge in [0.2, 0.25) is 0 Å². The third-order valence-electron chi connectivity index (χ3n) is 4.60. The lowest BCUT2D eigenvalue weighted by atomic mass is 9.87. The van der Waals surface area contributed by atoms with Crippen molar-refractivity contribution in [3.05, 3.63) is 82.9 Å². The van der Waals surface area contributed by atoms with Crippen LogP contribution in [-0.2, 0) is 24.3 Å². The van der Waals surface area contributed by atoms with Crippen LogP contribution in [0.15, 0.2) is 60.3 Å². The van der Waals surface area contributed by atoms with Gasteiger partial charge in [-0.1, -0.05) is 68.4 Å². The summed E-state index contributed by atoms with van der Waals surface area (Å²) >= 11 is 7.50. The standard InChI is InChI=1S/C23H25ClFN3OS/c1-5-13-28-21(14-29-17-11-9-16(10-12-17)23(2,3)4)26-27-22(28)30-15-18-19(24)7-6-8-20(18)25/h5-12H,1,13-15H2,2-4H3. The molecule has 3 rings (SSSR count). The first-order valence-corrected chi connectivity index (χ1v) is 11.0. The number of halogens is 2. The summed E-state index contributed by atoms with van der Waals surface area (Å²) in [6.45, 7) is 11.1. The maximum atomic E-state index is 14.0. The van der Waals surface area contributed by atoms with Crippen LogP contribution in [0, 0.1) is 5.82 Å². The average molecular weight is 446 g/mol. The molecule has 158 valence electrons. The van der Waals surface area contributed by atoms with Gasteiger partial charge in [0, 0.05) is 22.9 Å². The highest BCUT2D eigenvalue weighted by molar-refractivity contribution is 7.98. The molecule has 1 heterocycles. The van der Waals surface area contributed by atoms with E-state index >= 15 is 0 Å². The normalized spacial score (nSPS) is 11.5. The topological polar surface area (TPSA) is 39.9 Å². The Hall–Kier alpha value is -2.31. The monoisotopic (exact) mass is 445 g/mol. The Morgan fingerprint density at radius 1 is 1.17 bits per heavy atom. The Labute approximate surface area is 186 Å². The third kappa shape index (κ3) is 5.43. The third-order valence-corrected chi connectivity index (χ3v) is 5.95. The first-order valence-electron chi connectivity index (χ1n) is 9.61. The Bertz CT molecular complexity index is 992. The Balaban J connectivity index is 1.70. The lowest BCUT2D eigenvalue weighted by molar-refractivity contribution is 0.289. The van der Waals surface area contributed by atoms with Crippen molar-refractivity contribution >= 4 is 23.4 Å². The second kappa shape index (κ2) is 9.67.